The summed E-state index contributed by atoms with van der Waals surface area (Å²) in [6.07, 6.45) is 0. The Morgan fingerprint density at radius 3 is 0.753 bits per heavy atom. The lowest BCUT2D eigenvalue weighted by atomic mass is 9.99. The first kappa shape index (κ1) is 88.4. The van der Waals surface area contributed by atoms with Crippen LogP contribution < -0.4 is 0 Å². The van der Waals surface area contributed by atoms with Gasteiger partial charge in [-0.15, -0.1) is 34.0 Å². The molecule has 0 fully saturated rings. The van der Waals surface area contributed by atoms with Crippen LogP contribution >= 0.6 is 34.0 Å². The molecule has 0 saturated carbocycles. The predicted octanol–water partition coefficient (Wildman–Crippen LogP) is 36.0. The Bertz CT molecular complexity index is 10500. The van der Waals surface area contributed by atoms with Crippen LogP contribution in [0.4, 0.5) is 0 Å². The molecular weight excluding hydrogens is 1890 g/mol. The molecule has 0 N–H and O–H groups in total. The summed E-state index contributed by atoms with van der Waals surface area (Å²) in [5, 5.41) is 14.9. The maximum Gasteiger partial charge on any atom is 0.164 e. The van der Waals surface area contributed by atoms with Gasteiger partial charge in [0.25, 0.3) is 0 Å². The minimum Gasteiger partial charge on any atom is -0.309 e. The molecule has 30 rings (SSSR count). The Morgan fingerprint density at radius 2 is 0.367 bits per heavy atom. The molecule has 150 heavy (non-hydrogen) atoms. The monoisotopic (exact) mass is 1970 g/mol. The third-order valence-electron chi connectivity index (χ3n) is 28.3. The number of benzene rings is 21. The number of aromatic nitrogens is 12. The van der Waals surface area contributed by atoms with Crippen LogP contribution in [0.2, 0.25) is 0 Å². The van der Waals surface area contributed by atoms with Crippen molar-refractivity contribution in [2.45, 2.75) is 0 Å². The summed E-state index contributed by atoms with van der Waals surface area (Å²) in [5.41, 5.74) is 25.7. The van der Waals surface area contributed by atoms with Crippen molar-refractivity contribution in [2.24, 2.45) is 0 Å². The van der Waals surface area contributed by atoms with Gasteiger partial charge in [-0.25, -0.2) is 44.9 Å². The van der Waals surface area contributed by atoms with Gasteiger partial charge in [0.15, 0.2) is 52.4 Å². The van der Waals surface area contributed by atoms with Gasteiger partial charge in [-0.2, -0.15) is 0 Å². The normalized spacial score (nSPS) is 11.6. The highest BCUT2D eigenvalue weighted by atomic mass is 32.1. The largest absolute Gasteiger partial charge is 0.309 e. The number of hydrogen-bond donors (Lipinski definition) is 0. The average molecular weight is 1970 g/mol. The highest BCUT2D eigenvalue weighted by molar-refractivity contribution is 7.26. The van der Waals surface area contributed by atoms with Gasteiger partial charge in [0.05, 0.1) is 33.1 Å². The molecule has 12 nitrogen and oxygen atoms in total. The molecule has 0 unspecified atom stereocenters. The van der Waals surface area contributed by atoms with Crippen molar-refractivity contribution in [3.63, 3.8) is 0 Å². The van der Waals surface area contributed by atoms with Crippen molar-refractivity contribution < 1.29 is 0 Å². The molecule has 0 bridgehead atoms. The molecule has 21 aromatic carbocycles. The number of hydrogen-bond acceptors (Lipinski definition) is 12. The van der Waals surface area contributed by atoms with E-state index in [1.165, 1.54) is 115 Å². The predicted molar refractivity (Wildman–Crippen MR) is 626 cm³/mol. The number of para-hydroxylation sites is 4. The zero-order valence-corrected chi connectivity index (χ0v) is 83.0. The fourth-order valence-corrected chi connectivity index (χ4v) is 24.7. The molecular formula is C135H84N12S3. The first-order valence-electron chi connectivity index (χ1n) is 50.1. The second-order valence-corrected chi connectivity index (χ2v) is 40.7. The van der Waals surface area contributed by atoms with E-state index in [2.05, 4.69) is 481 Å². The Hall–Kier alpha value is -19.3. The molecule has 702 valence electrons. The molecule has 0 aliphatic rings. The van der Waals surface area contributed by atoms with Crippen LogP contribution in [-0.2, 0) is 0 Å². The fourth-order valence-electron chi connectivity index (χ4n) is 21.3. The van der Waals surface area contributed by atoms with E-state index in [4.69, 9.17) is 44.9 Å². The summed E-state index contributed by atoms with van der Waals surface area (Å²) in [7, 11) is 0. The van der Waals surface area contributed by atoms with Gasteiger partial charge in [0.2, 0.25) is 0 Å². The van der Waals surface area contributed by atoms with Crippen molar-refractivity contribution in [3.05, 3.63) is 510 Å². The second-order valence-electron chi connectivity index (χ2n) is 37.4. The van der Waals surface area contributed by atoms with E-state index < -0.39 is 0 Å². The molecule has 0 aliphatic heterocycles. The van der Waals surface area contributed by atoms with Gasteiger partial charge in [0.1, 0.15) is 0 Å². The summed E-state index contributed by atoms with van der Waals surface area (Å²) in [4.78, 5) is 45.9. The zero-order valence-electron chi connectivity index (χ0n) is 80.6. The summed E-state index contributed by atoms with van der Waals surface area (Å²) in [6, 6.07) is 179. The van der Waals surface area contributed by atoms with E-state index in [0.29, 0.717) is 52.4 Å². The van der Waals surface area contributed by atoms with Gasteiger partial charge in [-0.05, 0) is 155 Å². The van der Waals surface area contributed by atoms with Crippen LogP contribution in [0.5, 0.6) is 0 Å². The van der Waals surface area contributed by atoms with Crippen LogP contribution in [0.25, 0.3) is 279 Å². The molecule has 0 aliphatic carbocycles. The van der Waals surface area contributed by atoms with E-state index in [1.807, 2.05) is 42.5 Å². The topological polar surface area (TPSA) is 131 Å². The van der Waals surface area contributed by atoms with E-state index in [0.717, 1.165) is 111 Å². The molecule has 0 amide bonds. The van der Waals surface area contributed by atoms with E-state index >= 15 is 0 Å². The number of rotatable bonds is 15. The zero-order chi connectivity index (χ0) is 99.1. The highest BCUT2D eigenvalue weighted by Crippen LogP contribution is 2.46. The minimum absolute atomic E-state index is 0.633. The molecule has 0 saturated heterocycles. The summed E-state index contributed by atoms with van der Waals surface area (Å²) >= 11 is 5.40. The molecule has 0 spiro atoms. The molecule has 9 aromatic heterocycles. The number of fused-ring (bicyclic) bond motifs is 18. The fraction of sp³-hybridized carbons (Fsp3) is 0. The maximum absolute atomic E-state index is 5.16. The third kappa shape index (κ3) is 16.2. The minimum atomic E-state index is 0.633. The van der Waals surface area contributed by atoms with Crippen molar-refractivity contribution in [2.75, 3.05) is 0 Å². The molecule has 9 heterocycles. The maximum atomic E-state index is 5.16. The van der Waals surface area contributed by atoms with Gasteiger partial charge in [0, 0.05) is 160 Å². The Labute approximate surface area is 874 Å². The summed E-state index contributed by atoms with van der Waals surface area (Å²) in [5.74, 6) is 5.81. The summed E-state index contributed by atoms with van der Waals surface area (Å²) < 4.78 is 14.5. The lowest BCUT2D eigenvalue weighted by Gasteiger charge is -2.12. The van der Waals surface area contributed by atoms with E-state index in [9.17, 15) is 0 Å². The van der Waals surface area contributed by atoms with Gasteiger partial charge in [-0.3, -0.25) is 0 Å². The van der Waals surface area contributed by atoms with Crippen molar-refractivity contribution >= 4 is 160 Å². The average Bonchev–Trinajstić information content (AvgIpc) is 1.55. The molecule has 0 radical (unpaired) electrons. The highest BCUT2D eigenvalue weighted by Gasteiger charge is 2.25. The molecule has 15 heteroatoms. The van der Waals surface area contributed by atoms with Crippen LogP contribution in [0.15, 0.2) is 510 Å². The van der Waals surface area contributed by atoms with Gasteiger partial charge >= 0.3 is 0 Å². The van der Waals surface area contributed by atoms with Crippen LogP contribution in [0.3, 0.4) is 0 Å². The Morgan fingerprint density at radius 1 is 0.127 bits per heavy atom. The van der Waals surface area contributed by atoms with Gasteiger partial charge in [-0.1, -0.05) is 388 Å². The van der Waals surface area contributed by atoms with Crippen molar-refractivity contribution in [3.8, 4) is 153 Å². The first-order chi connectivity index (χ1) is 74.3. The van der Waals surface area contributed by atoms with Crippen LogP contribution in [0, 0.1) is 0 Å². The van der Waals surface area contributed by atoms with Crippen molar-refractivity contribution in [1.29, 1.82) is 0 Å². The SMILES string of the molecule is c1ccc(-c2ccc3c(c2)c2ccccc2n3-c2cccc(-c3nc(-c4ccccc4)nc(-c4ccc5c(c4)sc4ccccc45)n3)c2)cc1.c1ccc(-c2cccc(-c3nc(-c4cccc(-n5c6ccccc6c6ccccc65)c4)nc(-c4ccc5c(c4)sc4ccccc45)n3)c2)cc1.c1ccc(-c2nc(-c3cccc(-n4c5ccccc5c5c(-c6ccccc6)cccc54)c3)nc(-c3ccc4c(c3)sc3ccccc34)n2)cc1. The Balaban J connectivity index is 0.000000108. The van der Waals surface area contributed by atoms with Gasteiger partial charge < -0.3 is 13.7 Å². The van der Waals surface area contributed by atoms with E-state index in [-0.39, 0.29) is 0 Å². The number of thiophene rings is 3. The van der Waals surface area contributed by atoms with E-state index in [1.54, 1.807) is 34.0 Å². The lowest BCUT2D eigenvalue weighted by molar-refractivity contribution is 1.07. The smallest absolute Gasteiger partial charge is 0.164 e. The summed E-state index contributed by atoms with van der Waals surface area (Å²) in [6.45, 7) is 0. The number of nitrogens with zero attached hydrogens (tertiary/aromatic N) is 12. The molecule has 30 aromatic rings. The second kappa shape index (κ2) is 37.7. The van der Waals surface area contributed by atoms with Crippen LogP contribution in [0.1, 0.15) is 0 Å². The first-order valence-corrected chi connectivity index (χ1v) is 52.5. The Kier molecular flexibility index (Phi) is 22.2. The van der Waals surface area contributed by atoms with Crippen molar-refractivity contribution in [1.82, 2.24) is 58.6 Å². The lowest BCUT2D eigenvalue weighted by Crippen LogP contribution is -2.01. The standard InChI is InChI=1S/3C45H28N4S/c1-3-13-29(14-4-1)34-21-12-23-39-42(34)37-20-7-9-22-38(37)49(39)33-18-11-17-31(27-33)44-46-43(30-15-5-2-6-16-30)47-45(48-44)32-25-26-36-35-19-8-10-24-40(35)50-41(36)28-32;1-3-12-29(13-4-1)31-23-25-40-38(27-31)35-18-7-9-20-39(35)49(40)34-17-11-16-32(26-34)44-46-43(30-14-5-2-6-15-30)47-45(48-44)33-22-24-37-36-19-8-10-21-41(36)50-42(37)28-33;1-2-12-29(13-3-1)30-14-10-15-31(26-30)43-46-44(48-45(47-43)33-24-25-38-37-20-6-9-23-41(37)50-42(38)28-33)32-16-11-17-34(27-32)49-39-21-7-4-18-35(39)36-19-5-8-22-40(36)49/h3*1-28H. The van der Waals surface area contributed by atoms with Crippen LogP contribution in [-0.4, -0.2) is 58.6 Å². The quantitative estimate of drug-likeness (QED) is 0.0984. The third-order valence-corrected chi connectivity index (χ3v) is 31.7. The molecule has 0 atom stereocenters.